The smallest absolute Gasteiger partial charge is 0.231 e. The van der Waals surface area contributed by atoms with Crippen LogP contribution in [0.2, 0.25) is 0 Å². The lowest BCUT2D eigenvalue weighted by atomic mass is 10.1. The first kappa shape index (κ1) is 18.9. The average Bonchev–Trinajstić information content (AvgIpc) is 2.93. The number of carbonyl (C=O) groups excluding carboxylic acids is 2. The van der Waals surface area contributed by atoms with Gasteiger partial charge in [-0.15, -0.1) is 0 Å². The third-order valence-electron chi connectivity index (χ3n) is 3.79. The summed E-state index contributed by atoms with van der Waals surface area (Å²) in [6.45, 7) is 4.70. The number of aromatic nitrogens is 1. The van der Waals surface area contributed by atoms with Crippen molar-refractivity contribution in [2.75, 3.05) is 13.6 Å². The van der Waals surface area contributed by atoms with Crippen LogP contribution in [0.25, 0.3) is 10.9 Å². The molecule has 23 heavy (non-hydrogen) atoms. The first-order chi connectivity index (χ1) is 11.1. The summed E-state index contributed by atoms with van der Waals surface area (Å²) in [5.41, 5.74) is 7.05. The lowest BCUT2D eigenvalue weighted by molar-refractivity contribution is -0.117. The molecule has 0 saturated carbocycles. The number of hydrogen-bond donors (Lipinski definition) is 2. The summed E-state index contributed by atoms with van der Waals surface area (Å²) in [5.74, 6) is -0.322. The Balaban J connectivity index is 0.000000379. The summed E-state index contributed by atoms with van der Waals surface area (Å²) in [6.07, 6.45) is 5.90. The third-order valence-corrected chi connectivity index (χ3v) is 3.79. The van der Waals surface area contributed by atoms with Crippen LogP contribution in [0, 0.1) is 0 Å². The number of aldehydes is 1. The van der Waals surface area contributed by atoms with Crippen LogP contribution in [-0.4, -0.2) is 30.4 Å². The van der Waals surface area contributed by atoms with E-state index in [1.165, 1.54) is 10.9 Å². The van der Waals surface area contributed by atoms with Gasteiger partial charge >= 0.3 is 0 Å². The zero-order valence-corrected chi connectivity index (χ0v) is 14.2. The minimum Gasteiger partial charge on any atom is -0.369 e. The van der Waals surface area contributed by atoms with Crippen molar-refractivity contribution in [3.63, 3.8) is 0 Å². The third kappa shape index (κ3) is 5.53. The highest BCUT2D eigenvalue weighted by Crippen LogP contribution is 2.25. The average molecular weight is 317 g/mol. The molecule has 0 aliphatic carbocycles. The van der Waals surface area contributed by atoms with Crippen LogP contribution in [0.4, 0.5) is 0 Å². The molecule has 1 heterocycles. The summed E-state index contributed by atoms with van der Waals surface area (Å²) < 4.78 is 2.34. The van der Waals surface area contributed by atoms with Crippen LogP contribution in [-0.2, 0) is 16.0 Å². The second-order valence-corrected chi connectivity index (χ2v) is 5.45. The standard InChI is InChI=1S/C15H19NO.C3H8N2O/c1-3-14(4-2)16-9-7-13-6-5-12(8-10-17)11-15(13)16;1-5-2-3(4)6/h5-7,9-11,14H,3-4,8H2,1-2H3;5H,2H2,1H3,(H2,4,6). The Morgan fingerprint density at radius 1 is 1.30 bits per heavy atom. The van der Waals surface area contributed by atoms with Crippen LogP contribution in [0.1, 0.15) is 38.3 Å². The lowest BCUT2D eigenvalue weighted by Crippen LogP contribution is -2.25. The van der Waals surface area contributed by atoms with Crippen molar-refractivity contribution in [2.45, 2.75) is 39.2 Å². The molecule has 0 atom stereocenters. The number of hydrogen-bond acceptors (Lipinski definition) is 3. The Labute approximate surface area is 137 Å². The summed E-state index contributed by atoms with van der Waals surface area (Å²) in [5, 5.41) is 3.85. The number of nitrogens with two attached hydrogens (primary N) is 1. The Morgan fingerprint density at radius 2 is 2.00 bits per heavy atom. The predicted octanol–water partition coefficient (Wildman–Crippen LogP) is 2.43. The van der Waals surface area contributed by atoms with Crippen molar-refractivity contribution < 1.29 is 9.59 Å². The molecule has 2 aromatic rings. The fourth-order valence-electron chi connectivity index (χ4n) is 2.59. The van der Waals surface area contributed by atoms with Gasteiger partial charge in [-0.25, -0.2) is 0 Å². The van der Waals surface area contributed by atoms with Gasteiger partial charge in [0.05, 0.1) is 6.54 Å². The second-order valence-electron chi connectivity index (χ2n) is 5.45. The van der Waals surface area contributed by atoms with Gasteiger partial charge in [-0.2, -0.15) is 0 Å². The van der Waals surface area contributed by atoms with E-state index in [4.69, 9.17) is 5.73 Å². The fraction of sp³-hybridized carbons (Fsp3) is 0.444. The number of likely N-dealkylation sites (N-methyl/N-ethyl adjacent to an activating group) is 1. The van der Waals surface area contributed by atoms with Crippen LogP contribution >= 0.6 is 0 Å². The number of primary amides is 1. The fourth-order valence-corrected chi connectivity index (χ4v) is 2.59. The molecule has 1 aromatic carbocycles. The van der Waals surface area contributed by atoms with E-state index in [-0.39, 0.29) is 12.5 Å². The van der Waals surface area contributed by atoms with E-state index in [9.17, 15) is 9.59 Å². The first-order valence-electron chi connectivity index (χ1n) is 8.03. The molecule has 1 amide bonds. The molecule has 126 valence electrons. The molecule has 0 bridgehead atoms. The van der Waals surface area contributed by atoms with Crippen molar-refractivity contribution in [1.29, 1.82) is 0 Å². The Hall–Kier alpha value is -2.14. The van der Waals surface area contributed by atoms with Crippen LogP contribution in [0.3, 0.4) is 0 Å². The van der Waals surface area contributed by atoms with Crippen molar-refractivity contribution in [3.8, 4) is 0 Å². The minimum atomic E-state index is -0.322. The summed E-state index contributed by atoms with van der Waals surface area (Å²) in [6, 6.07) is 8.99. The molecule has 0 fully saturated rings. The van der Waals surface area contributed by atoms with Gasteiger partial charge in [0.15, 0.2) is 0 Å². The topological polar surface area (TPSA) is 77.1 Å². The van der Waals surface area contributed by atoms with Gasteiger partial charge in [0.1, 0.15) is 6.29 Å². The normalized spacial score (nSPS) is 10.4. The van der Waals surface area contributed by atoms with E-state index >= 15 is 0 Å². The molecule has 0 aliphatic heterocycles. The SMILES string of the molecule is CCC(CC)n1ccc2ccc(CC=O)cc21.CNCC(N)=O. The highest BCUT2D eigenvalue weighted by molar-refractivity contribution is 5.81. The van der Waals surface area contributed by atoms with Gasteiger partial charge in [-0.1, -0.05) is 26.0 Å². The summed E-state index contributed by atoms with van der Waals surface area (Å²) >= 11 is 0. The maximum Gasteiger partial charge on any atom is 0.231 e. The molecule has 1 aromatic heterocycles. The van der Waals surface area contributed by atoms with Gasteiger partial charge in [0.2, 0.25) is 5.91 Å². The van der Waals surface area contributed by atoms with Crippen molar-refractivity contribution in [3.05, 3.63) is 36.0 Å². The molecule has 0 saturated heterocycles. The van der Waals surface area contributed by atoms with Crippen molar-refractivity contribution in [2.24, 2.45) is 5.73 Å². The molecule has 5 nitrogen and oxygen atoms in total. The Morgan fingerprint density at radius 3 is 2.48 bits per heavy atom. The lowest BCUT2D eigenvalue weighted by Gasteiger charge is -2.16. The van der Waals surface area contributed by atoms with Gasteiger partial charge in [0.25, 0.3) is 0 Å². The molecule has 2 rings (SSSR count). The number of amides is 1. The number of nitrogens with one attached hydrogen (secondary N) is 1. The molecule has 0 unspecified atom stereocenters. The molecule has 5 heteroatoms. The molecule has 0 radical (unpaired) electrons. The zero-order valence-electron chi connectivity index (χ0n) is 14.2. The van der Waals surface area contributed by atoms with E-state index in [0.29, 0.717) is 12.5 Å². The largest absolute Gasteiger partial charge is 0.369 e. The second kappa shape index (κ2) is 9.79. The predicted molar refractivity (Wildman–Crippen MR) is 94.4 cm³/mol. The monoisotopic (exact) mass is 317 g/mol. The quantitative estimate of drug-likeness (QED) is 0.770. The number of benzene rings is 1. The van der Waals surface area contributed by atoms with Crippen molar-refractivity contribution in [1.82, 2.24) is 9.88 Å². The first-order valence-corrected chi connectivity index (χ1v) is 8.03. The van der Waals surface area contributed by atoms with Gasteiger partial charge < -0.3 is 20.4 Å². The summed E-state index contributed by atoms with van der Waals surface area (Å²) in [4.78, 5) is 20.3. The van der Waals surface area contributed by atoms with Gasteiger partial charge in [-0.3, -0.25) is 4.79 Å². The van der Waals surface area contributed by atoms with Crippen LogP contribution < -0.4 is 11.1 Å². The number of fused-ring (bicyclic) bond motifs is 1. The van der Waals surface area contributed by atoms with E-state index < -0.39 is 0 Å². The van der Waals surface area contributed by atoms with Gasteiger partial charge in [-0.05, 0) is 43.0 Å². The highest BCUT2D eigenvalue weighted by atomic mass is 16.1. The number of nitrogens with zero attached hydrogens (tertiary/aromatic N) is 1. The van der Waals surface area contributed by atoms with E-state index in [2.05, 4.69) is 48.1 Å². The highest BCUT2D eigenvalue weighted by Gasteiger charge is 2.09. The molecule has 0 aliphatic rings. The molecular formula is C18H27N3O2. The summed E-state index contributed by atoms with van der Waals surface area (Å²) in [7, 11) is 1.67. The Bertz CT molecular complexity index is 630. The maximum absolute atomic E-state index is 10.6. The number of carbonyl (C=O) groups is 2. The van der Waals surface area contributed by atoms with Crippen LogP contribution in [0.5, 0.6) is 0 Å². The number of rotatable bonds is 7. The van der Waals surface area contributed by atoms with Crippen LogP contribution in [0.15, 0.2) is 30.5 Å². The molecule has 0 spiro atoms. The van der Waals surface area contributed by atoms with E-state index in [0.717, 1.165) is 24.7 Å². The van der Waals surface area contributed by atoms with Crippen molar-refractivity contribution >= 4 is 23.1 Å². The van der Waals surface area contributed by atoms with E-state index in [1.807, 2.05) is 6.07 Å². The van der Waals surface area contributed by atoms with Gasteiger partial charge in [0, 0.05) is 24.2 Å². The molecule has 3 N–H and O–H groups in total. The minimum absolute atomic E-state index is 0.264. The maximum atomic E-state index is 10.6. The Kier molecular flexibility index (Phi) is 8.05. The zero-order chi connectivity index (χ0) is 17.2. The van der Waals surface area contributed by atoms with E-state index in [1.54, 1.807) is 7.05 Å². The molecular weight excluding hydrogens is 290 g/mol.